The number of thiophene rings is 1. The van der Waals surface area contributed by atoms with E-state index in [1.54, 1.807) is 0 Å². The van der Waals surface area contributed by atoms with Crippen LogP contribution in [0.1, 0.15) is 23.5 Å². The maximum Gasteiger partial charge on any atom is 0.177 e. The molecule has 0 aliphatic carbocycles. The predicted molar refractivity (Wildman–Crippen MR) is 83.6 cm³/mol. The lowest BCUT2D eigenvalue weighted by molar-refractivity contribution is 0.0398. The summed E-state index contributed by atoms with van der Waals surface area (Å²) >= 11 is 1.45. The lowest BCUT2D eigenvalue weighted by Crippen LogP contribution is -2.38. The molecule has 0 saturated carbocycles. The molecule has 5 nitrogen and oxygen atoms in total. The highest BCUT2D eigenvalue weighted by atomic mass is 32.1. The minimum absolute atomic E-state index is 0.0165. The molecule has 0 unspecified atom stereocenters. The van der Waals surface area contributed by atoms with Crippen LogP contribution in [0.25, 0.3) is 0 Å². The van der Waals surface area contributed by atoms with Crippen molar-refractivity contribution in [3.63, 3.8) is 0 Å². The van der Waals surface area contributed by atoms with Crippen molar-refractivity contribution in [1.29, 1.82) is 0 Å². The molecule has 0 amide bonds. The Balaban J connectivity index is 1.84. The van der Waals surface area contributed by atoms with Crippen LogP contribution in [0.2, 0.25) is 0 Å². The molecule has 112 valence electrons. The highest BCUT2D eigenvalue weighted by molar-refractivity contribution is 7.18. The lowest BCUT2D eigenvalue weighted by atomic mass is 10.1. The fourth-order valence-corrected chi connectivity index (χ4v) is 3.20. The summed E-state index contributed by atoms with van der Waals surface area (Å²) in [4.78, 5) is 15.0. The Hall–Kier alpha value is -1.11. The van der Waals surface area contributed by atoms with E-state index < -0.39 is 0 Å². The van der Waals surface area contributed by atoms with Gasteiger partial charge in [-0.1, -0.05) is 13.8 Å². The third-order valence-electron chi connectivity index (χ3n) is 3.34. The Morgan fingerprint density at radius 2 is 2.20 bits per heavy atom. The molecular formula is C14H23N3O2S. The van der Waals surface area contributed by atoms with E-state index in [1.807, 2.05) is 19.9 Å². The average Bonchev–Trinajstić information content (AvgIpc) is 2.80. The quantitative estimate of drug-likeness (QED) is 0.785. The van der Waals surface area contributed by atoms with Crippen molar-refractivity contribution in [2.45, 2.75) is 13.8 Å². The number of morpholine rings is 1. The summed E-state index contributed by atoms with van der Waals surface area (Å²) in [6.45, 7) is 9.25. The maximum absolute atomic E-state index is 12.0. The molecule has 2 heterocycles. The Morgan fingerprint density at radius 3 is 2.85 bits per heavy atom. The van der Waals surface area contributed by atoms with E-state index in [4.69, 9.17) is 10.5 Å². The summed E-state index contributed by atoms with van der Waals surface area (Å²) in [7, 11) is 0. The number of nitrogen functional groups attached to an aromatic ring is 1. The molecule has 0 bridgehead atoms. The fourth-order valence-electron chi connectivity index (χ4n) is 2.11. The van der Waals surface area contributed by atoms with Crippen molar-refractivity contribution in [3.05, 3.63) is 10.9 Å². The van der Waals surface area contributed by atoms with E-state index in [1.165, 1.54) is 11.3 Å². The van der Waals surface area contributed by atoms with Crippen molar-refractivity contribution in [3.8, 4) is 0 Å². The number of ether oxygens (including phenoxy) is 1. The van der Waals surface area contributed by atoms with Crippen molar-refractivity contribution >= 4 is 27.8 Å². The molecular weight excluding hydrogens is 274 g/mol. The number of hydrogen-bond donors (Lipinski definition) is 2. The smallest absolute Gasteiger partial charge is 0.177 e. The number of Topliss-reactive ketones (excluding diaryl/α,β-unsaturated/α-hetero) is 1. The SMILES string of the molecule is CC(C)C(=O)c1sc(NCCN2CCOCC2)cc1N. The van der Waals surface area contributed by atoms with Gasteiger partial charge in [-0.3, -0.25) is 9.69 Å². The first-order chi connectivity index (χ1) is 9.58. The molecule has 6 heteroatoms. The number of nitrogens with two attached hydrogens (primary N) is 1. The Labute approximate surface area is 124 Å². The average molecular weight is 297 g/mol. The van der Waals surface area contributed by atoms with Gasteiger partial charge in [0.1, 0.15) is 0 Å². The molecule has 0 aromatic carbocycles. The topological polar surface area (TPSA) is 67.6 Å². The third-order valence-corrected chi connectivity index (χ3v) is 4.46. The molecule has 1 saturated heterocycles. The standard InChI is InChI=1S/C14H23N3O2S/c1-10(2)13(18)14-11(15)9-12(20-14)16-3-4-17-5-7-19-8-6-17/h9-10,16H,3-8,15H2,1-2H3. The summed E-state index contributed by atoms with van der Waals surface area (Å²) in [6, 6.07) is 1.86. The summed E-state index contributed by atoms with van der Waals surface area (Å²) in [5, 5.41) is 4.32. The highest BCUT2D eigenvalue weighted by Gasteiger charge is 2.17. The fraction of sp³-hybridized carbons (Fsp3) is 0.643. The monoisotopic (exact) mass is 297 g/mol. The van der Waals surface area contributed by atoms with Gasteiger partial charge in [-0.2, -0.15) is 0 Å². The van der Waals surface area contributed by atoms with Crippen molar-refractivity contribution < 1.29 is 9.53 Å². The molecule has 1 aliphatic heterocycles. The number of rotatable bonds is 6. The van der Waals surface area contributed by atoms with Crippen LogP contribution in [0, 0.1) is 5.92 Å². The van der Waals surface area contributed by atoms with Gasteiger partial charge in [0, 0.05) is 32.1 Å². The largest absolute Gasteiger partial charge is 0.397 e. The maximum atomic E-state index is 12.0. The van der Waals surface area contributed by atoms with Gasteiger partial charge in [0.05, 0.1) is 28.8 Å². The van der Waals surface area contributed by atoms with Gasteiger partial charge in [0.2, 0.25) is 0 Å². The van der Waals surface area contributed by atoms with Crippen LogP contribution in [0.15, 0.2) is 6.07 Å². The third kappa shape index (κ3) is 3.94. The number of anilines is 2. The van der Waals surface area contributed by atoms with Crippen LogP contribution < -0.4 is 11.1 Å². The first-order valence-electron chi connectivity index (χ1n) is 7.05. The number of carbonyl (C=O) groups excluding carboxylic acids is 1. The van der Waals surface area contributed by atoms with Crippen LogP contribution >= 0.6 is 11.3 Å². The van der Waals surface area contributed by atoms with Crippen LogP contribution in [0.5, 0.6) is 0 Å². The predicted octanol–water partition coefficient (Wildman–Crippen LogP) is 1.91. The number of ketones is 1. The molecule has 1 aromatic heterocycles. The van der Waals surface area contributed by atoms with Crippen LogP contribution in [-0.2, 0) is 4.74 Å². The molecule has 20 heavy (non-hydrogen) atoms. The summed E-state index contributed by atoms with van der Waals surface area (Å²) in [5.74, 6) is 0.103. The first-order valence-corrected chi connectivity index (χ1v) is 7.87. The second-order valence-electron chi connectivity index (χ2n) is 5.29. The Morgan fingerprint density at radius 1 is 1.50 bits per heavy atom. The van der Waals surface area contributed by atoms with Gasteiger partial charge in [0.25, 0.3) is 0 Å². The van der Waals surface area contributed by atoms with Crippen molar-refractivity contribution in [2.75, 3.05) is 50.4 Å². The number of nitrogens with one attached hydrogen (secondary N) is 1. The molecule has 0 spiro atoms. The van der Waals surface area contributed by atoms with E-state index in [9.17, 15) is 4.79 Å². The van der Waals surface area contributed by atoms with Gasteiger partial charge in [-0.15, -0.1) is 11.3 Å². The van der Waals surface area contributed by atoms with Crippen molar-refractivity contribution in [1.82, 2.24) is 4.90 Å². The minimum Gasteiger partial charge on any atom is -0.397 e. The van der Waals surface area contributed by atoms with Gasteiger partial charge in [-0.05, 0) is 6.07 Å². The zero-order valence-corrected chi connectivity index (χ0v) is 13.0. The van der Waals surface area contributed by atoms with Crippen LogP contribution in [0.3, 0.4) is 0 Å². The number of nitrogens with zero attached hydrogens (tertiary/aromatic N) is 1. The minimum atomic E-state index is -0.0165. The highest BCUT2D eigenvalue weighted by Crippen LogP contribution is 2.31. The second kappa shape index (κ2) is 7.06. The van der Waals surface area contributed by atoms with E-state index in [0.717, 1.165) is 44.4 Å². The van der Waals surface area contributed by atoms with Gasteiger partial charge in [0.15, 0.2) is 5.78 Å². The van der Waals surface area contributed by atoms with Gasteiger partial charge >= 0.3 is 0 Å². The van der Waals surface area contributed by atoms with Crippen LogP contribution in [-0.4, -0.2) is 50.1 Å². The Kier molecular flexibility index (Phi) is 5.39. The lowest BCUT2D eigenvalue weighted by Gasteiger charge is -2.26. The molecule has 0 atom stereocenters. The normalized spacial score (nSPS) is 16.6. The molecule has 2 rings (SSSR count). The van der Waals surface area contributed by atoms with Gasteiger partial charge < -0.3 is 15.8 Å². The molecule has 3 N–H and O–H groups in total. The second-order valence-corrected chi connectivity index (χ2v) is 6.35. The Bertz CT molecular complexity index is 453. The van der Waals surface area contributed by atoms with Crippen molar-refractivity contribution in [2.24, 2.45) is 5.92 Å². The zero-order chi connectivity index (χ0) is 14.5. The molecule has 1 aromatic rings. The molecule has 1 fully saturated rings. The van der Waals surface area contributed by atoms with E-state index in [-0.39, 0.29) is 11.7 Å². The molecule has 0 radical (unpaired) electrons. The van der Waals surface area contributed by atoms with E-state index >= 15 is 0 Å². The van der Waals surface area contributed by atoms with E-state index in [2.05, 4.69) is 10.2 Å². The summed E-state index contributed by atoms with van der Waals surface area (Å²) in [5.41, 5.74) is 6.50. The summed E-state index contributed by atoms with van der Waals surface area (Å²) < 4.78 is 5.32. The first kappa shape index (κ1) is 15.3. The van der Waals surface area contributed by atoms with E-state index in [0.29, 0.717) is 10.6 Å². The molecule has 1 aliphatic rings. The number of carbonyl (C=O) groups is 1. The van der Waals surface area contributed by atoms with Crippen LogP contribution in [0.4, 0.5) is 10.7 Å². The zero-order valence-electron chi connectivity index (χ0n) is 12.1. The number of hydrogen-bond acceptors (Lipinski definition) is 6. The van der Waals surface area contributed by atoms with Gasteiger partial charge in [-0.25, -0.2) is 0 Å². The summed E-state index contributed by atoms with van der Waals surface area (Å²) in [6.07, 6.45) is 0.